The number of rotatable bonds is 7. The molecule has 0 heterocycles. The maximum atomic E-state index is 12.4. The molecular formula is C19H21NO5. The molecule has 0 aliphatic carbocycles. The Labute approximate surface area is 146 Å². The Morgan fingerprint density at radius 2 is 1.60 bits per heavy atom. The lowest BCUT2D eigenvalue weighted by Gasteiger charge is -2.13. The summed E-state index contributed by atoms with van der Waals surface area (Å²) >= 11 is 0. The number of methoxy groups -OCH3 is 2. The van der Waals surface area contributed by atoms with Gasteiger partial charge in [-0.3, -0.25) is 9.59 Å². The lowest BCUT2D eigenvalue weighted by Crippen LogP contribution is -2.11. The van der Waals surface area contributed by atoms with E-state index in [1.54, 1.807) is 12.1 Å². The molecule has 0 saturated carbocycles. The first-order chi connectivity index (χ1) is 11.9. The zero-order chi connectivity index (χ0) is 18.6. The molecule has 0 bridgehead atoms. The van der Waals surface area contributed by atoms with Crippen molar-refractivity contribution in [2.24, 2.45) is 0 Å². The number of phenols is 1. The van der Waals surface area contributed by atoms with Gasteiger partial charge in [0, 0.05) is 25.3 Å². The quantitative estimate of drug-likeness (QED) is 0.615. The summed E-state index contributed by atoms with van der Waals surface area (Å²) in [5.41, 5.74) is 1.43. The molecule has 0 fully saturated rings. The Balaban J connectivity index is 2.20. The van der Waals surface area contributed by atoms with Crippen LogP contribution in [0.5, 0.6) is 17.2 Å². The third-order valence-electron chi connectivity index (χ3n) is 3.85. The normalized spacial score (nSPS) is 10.2. The predicted molar refractivity (Wildman–Crippen MR) is 95.3 cm³/mol. The molecule has 0 atom stereocenters. The van der Waals surface area contributed by atoms with Crippen molar-refractivity contribution in [2.75, 3.05) is 33.2 Å². The van der Waals surface area contributed by atoms with Crippen LogP contribution in [0, 0.1) is 0 Å². The zero-order valence-corrected chi connectivity index (χ0v) is 14.7. The molecule has 0 spiro atoms. The topological polar surface area (TPSA) is 76.1 Å². The number of carbonyl (C=O) groups is 2. The molecule has 6 heteroatoms. The monoisotopic (exact) mass is 343 g/mol. The number of hydrogen-bond acceptors (Lipinski definition) is 6. The van der Waals surface area contributed by atoms with E-state index in [0.717, 1.165) is 5.69 Å². The summed E-state index contributed by atoms with van der Waals surface area (Å²) in [5.74, 6) is -0.759. The molecule has 132 valence electrons. The summed E-state index contributed by atoms with van der Waals surface area (Å²) in [6.07, 6.45) is -0.343. The molecule has 2 aromatic rings. The fourth-order valence-corrected chi connectivity index (χ4v) is 2.42. The van der Waals surface area contributed by atoms with Gasteiger partial charge in [0.2, 0.25) is 5.75 Å². The molecule has 2 aromatic carbocycles. The summed E-state index contributed by atoms with van der Waals surface area (Å²) in [6, 6.07) is 9.92. The van der Waals surface area contributed by atoms with Crippen LogP contribution < -0.4 is 14.4 Å². The van der Waals surface area contributed by atoms with E-state index in [0.29, 0.717) is 11.3 Å². The van der Waals surface area contributed by atoms with Crippen LogP contribution in [-0.2, 0) is 0 Å². The highest BCUT2D eigenvalue weighted by Gasteiger charge is 2.21. The summed E-state index contributed by atoms with van der Waals surface area (Å²) in [5, 5.41) is 10.2. The largest absolute Gasteiger partial charge is 0.504 e. The zero-order valence-electron chi connectivity index (χ0n) is 14.7. The second-order valence-corrected chi connectivity index (χ2v) is 5.66. The van der Waals surface area contributed by atoms with E-state index >= 15 is 0 Å². The van der Waals surface area contributed by atoms with E-state index in [1.807, 2.05) is 31.1 Å². The van der Waals surface area contributed by atoms with Crippen LogP contribution in [-0.4, -0.2) is 45.0 Å². The molecule has 0 aliphatic heterocycles. The van der Waals surface area contributed by atoms with Gasteiger partial charge in [-0.25, -0.2) is 0 Å². The molecule has 1 N–H and O–H groups in total. The molecule has 0 saturated heterocycles. The first kappa shape index (κ1) is 18.3. The van der Waals surface area contributed by atoms with Gasteiger partial charge in [-0.15, -0.1) is 0 Å². The van der Waals surface area contributed by atoms with Crippen molar-refractivity contribution in [2.45, 2.75) is 6.42 Å². The maximum Gasteiger partial charge on any atom is 0.203 e. The fourth-order valence-electron chi connectivity index (χ4n) is 2.42. The van der Waals surface area contributed by atoms with Crippen molar-refractivity contribution in [3.8, 4) is 17.2 Å². The van der Waals surface area contributed by atoms with Crippen LogP contribution in [0.4, 0.5) is 5.69 Å². The average Bonchev–Trinajstić information content (AvgIpc) is 2.61. The minimum absolute atomic E-state index is 0.0240. The lowest BCUT2D eigenvalue weighted by molar-refractivity contribution is 0.0892. The van der Waals surface area contributed by atoms with E-state index < -0.39 is 5.78 Å². The van der Waals surface area contributed by atoms with Crippen LogP contribution >= 0.6 is 0 Å². The van der Waals surface area contributed by atoms with Crippen molar-refractivity contribution in [1.29, 1.82) is 0 Å². The maximum absolute atomic E-state index is 12.4. The average molecular weight is 343 g/mol. The second kappa shape index (κ2) is 7.70. The third-order valence-corrected chi connectivity index (χ3v) is 3.85. The number of nitrogens with zero attached hydrogens (tertiary/aromatic N) is 1. The van der Waals surface area contributed by atoms with Crippen molar-refractivity contribution in [3.05, 3.63) is 47.5 Å². The Kier molecular flexibility index (Phi) is 5.64. The van der Waals surface area contributed by atoms with Gasteiger partial charge in [0.1, 0.15) is 0 Å². The van der Waals surface area contributed by atoms with Crippen LogP contribution in [0.1, 0.15) is 27.1 Å². The van der Waals surface area contributed by atoms with E-state index in [-0.39, 0.29) is 29.3 Å². The van der Waals surface area contributed by atoms with Crippen LogP contribution in [0.15, 0.2) is 36.4 Å². The van der Waals surface area contributed by atoms with E-state index in [9.17, 15) is 14.7 Å². The SMILES string of the molecule is COc1ccc(C(=O)CC(=O)c2ccc(N(C)C)cc2)c(O)c1OC. The van der Waals surface area contributed by atoms with Gasteiger partial charge in [0.25, 0.3) is 0 Å². The minimum atomic E-state index is -0.486. The van der Waals surface area contributed by atoms with Crippen molar-refractivity contribution in [1.82, 2.24) is 0 Å². The van der Waals surface area contributed by atoms with Gasteiger partial charge in [0.05, 0.1) is 26.2 Å². The molecule has 6 nitrogen and oxygen atoms in total. The van der Waals surface area contributed by atoms with E-state index in [1.165, 1.54) is 26.4 Å². The predicted octanol–water partition coefficient (Wildman–Crippen LogP) is 2.93. The number of ketones is 2. The Hall–Kier alpha value is -3.02. The van der Waals surface area contributed by atoms with E-state index in [2.05, 4.69) is 0 Å². The molecule has 0 amide bonds. The first-order valence-corrected chi connectivity index (χ1v) is 7.66. The highest BCUT2D eigenvalue weighted by Crippen LogP contribution is 2.39. The molecule has 0 unspecified atom stereocenters. The fraction of sp³-hybridized carbons (Fsp3) is 0.263. The van der Waals surface area contributed by atoms with Gasteiger partial charge in [-0.05, 0) is 36.4 Å². The lowest BCUT2D eigenvalue weighted by atomic mass is 10.00. The highest BCUT2D eigenvalue weighted by atomic mass is 16.5. The van der Waals surface area contributed by atoms with Crippen molar-refractivity contribution < 1.29 is 24.2 Å². The summed E-state index contributed by atoms with van der Waals surface area (Å²) < 4.78 is 10.1. The summed E-state index contributed by atoms with van der Waals surface area (Å²) in [7, 11) is 6.60. The Morgan fingerprint density at radius 1 is 0.960 bits per heavy atom. The minimum Gasteiger partial charge on any atom is -0.504 e. The number of hydrogen-bond donors (Lipinski definition) is 1. The number of phenolic OH excluding ortho intramolecular Hbond substituents is 1. The van der Waals surface area contributed by atoms with Gasteiger partial charge in [-0.1, -0.05) is 0 Å². The van der Waals surface area contributed by atoms with Gasteiger partial charge in [0.15, 0.2) is 23.1 Å². The molecular weight excluding hydrogens is 322 g/mol. The standard InChI is InChI=1S/C19H21NO5/c1-20(2)13-7-5-12(6-8-13)15(21)11-16(22)14-9-10-17(24-3)19(25-4)18(14)23/h5-10,23H,11H2,1-4H3. The molecule has 25 heavy (non-hydrogen) atoms. The van der Waals surface area contributed by atoms with Crippen molar-refractivity contribution in [3.63, 3.8) is 0 Å². The van der Waals surface area contributed by atoms with Crippen LogP contribution in [0.25, 0.3) is 0 Å². The first-order valence-electron chi connectivity index (χ1n) is 7.66. The number of benzene rings is 2. The third kappa shape index (κ3) is 3.91. The Bertz CT molecular complexity index is 781. The number of ether oxygens (including phenoxy) is 2. The smallest absolute Gasteiger partial charge is 0.203 e. The molecule has 0 radical (unpaired) electrons. The summed E-state index contributed by atoms with van der Waals surface area (Å²) in [6.45, 7) is 0. The number of carbonyl (C=O) groups excluding carboxylic acids is 2. The van der Waals surface area contributed by atoms with Gasteiger partial charge >= 0.3 is 0 Å². The number of aromatic hydroxyl groups is 1. The molecule has 0 aromatic heterocycles. The molecule has 0 aliphatic rings. The van der Waals surface area contributed by atoms with E-state index in [4.69, 9.17) is 9.47 Å². The van der Waals surface area contributed by atoms with Crippen LogP contribution in [0.2, 0.25) is 0 Å². The Morgan fingerprint density at radius 3 is 2.12 bits per heavy atom. The number of anilines is 1. The molecule has 2 rings (SSSR count). The second-order valence-electron chi connectivity index (χ2n) is 5.66. The van der Waals surface area contributed by atoms with Crippen LogP contribution in [0.3, 0.4) is 0 Å². The van der Waals surface area contributed by atoms with Gasteiger partial charge < -0.3 is 19.5 Å². The van der Waals surface area contributed by atoms with Gasteiger partial charge in [-0.2, -0.15) is 0 Å². The number of Topliss-reactive ketones (excluding diaryl/α,β-unsaturated/α-hetero) is 2. The summed E-state index contributed by atoms with van der Waals surface area (Å²) in [4.78, 5) is 26.7. The van der Waals surface area contributed by atoms with Crippen molar-refractivity contribution >= 4 is 17.3 Å². The highest BCUT2D eigenvalue weighted by molar-refractivity contribution is 6.14.